The predicted molar refractivity (Wildman–Crippen MR) is 101 cm³/mol. The number of aryl methyl sites for hydroxylation is 2. The number of aromatic hydroxyl groups is 1. The van der Waals surface area contributed by atoms with E-state index in [4.69, 9.17) is 0 Å². The molecule has 2 aromatic carbocycles. The fraction of sp³-hybridized carbons (Fsp3) is 0.273. The number of phenolic OH excluding ortho intramolecular Hbond substituents is 1. The SMILES string of the molecule is Cc1ccc(O)c(CN2CCCn3cccc3[C@H]2c2cccc(F)c2F)c1. The summed E-state index contributed by atoms with van der Waals surface area (Å²) in [5, 5.41) is 10.3. The molecule has 0 amide bonds. The topological polar surface area (TPSA) is 28.4 Å². The van der Waals surface area contributed by atoms with Gasteiger partial charge in [0.05, 0.1) is 6.04 Å². The molecule has 0 bridgehead atoms. The average Bonchev–Trinajstić information content (AvgIpc) is 3.03. The summed E-state index contributed by atoms with van der Waals surface area (Å²) in [5.41, 5.74) is 3.10. The van der Waals surface area contributed by atoms with Crippen LogP contribution in [0.5, 0.6) is 5.75 Å². The molecular weight excluding hydrogens is 346 g/mol. The van der Waals surface area contributed by atoms with Crippen LogP contribution in [-0.4, -0.2) is 21.1 Å². The highest BCUT2D eigenvalue weighted by Gasteiger charge is 2.30. The second kappa shape index (κ2) is 7.16. The van der Waals surface area contributed by atoms with Gasteiger partial charge in [0.25, 0.3) is 0 Å². The monoisotopic (exact) mass is 368 g/mol. The van der Waals surface area contributed by atoms with Crippen LogP contribution < -0.4 is 0 Å². The highest BCUT2D eigenvalue weighted by molar-refractivity contribution is 5.37. The second-order valence-electron chi connectivity index (χ2n) is 7.13. The number of benzene rings is 2. The Bertz CT molecular complexity index is 967. The van der Waals surface area contributed by atoms with E-state index in [0.717, 1.165) is 42.4 Å². The molecule has 1 aromatic heterocycles. The van der Waals surface area contributed by atoms with Crippen molar-refractivity contribution >= 4 is 0 Å². The van der Waals surface area contributed by atoms with Crippen molar-refractivity contribution in [1.29, 1.82) is 0 Å². The number of hydrogen-bond acceptors (Lipinski definition) is 2. The van der Waals surface area contributed by atoms with Crippen molar-refractivity contribution in [2.24, 2.45) is 0 Å². The van der Waals surface area contributed by atoms with Crippen molar-refractivity contribution in [1.82, 2.24) is 9.47 Å². The van der Waals surface area contributed by atoms with E-state index in [0.29, 0.717) is 12.1 Å². The van der Waals surface area contributed by atoms with Gasteiger partial charge < -0.3 is 9.67 Å². The van der Waals surface area contributed by atoms with Crippen LogP contribution in [-0.2, 0) is 13.1 Å². The van der Waals surface area contributed by atoms with Gasteiger partial charge in [-0.3, -0.25) is 4.90 Å². The zero-order valence-corrected chi connectivity index (χ0v) is 15.2. The van der Waals surface area contributed by atoms with Crippen molar-refractivity contribution in [2.75, 3.05) is 6.54 Å². The summed E-state index contributed by atoms with van der Waals surface area (Å²) in [7, 11) is 0. The third kappa shape index (κ3) is 3.35. The summed E-state index contributed by atoms with van der Waals surface area (Å²) in [6.07, 6.45) is 2.87. The molecule has 4 rings (SSSR count). The molecule has 0 radical (unpaired) electrons. The first kappa shape index (κ1) is 17.7. The molecule has 1 atom stereocenters. The van der Waals surface area contributed by atoms with Crippen LogP contribution in [0.15, 0.2) is 54.7 Å². The molecule has 2 heterocycles. The van der Waals surface area contributed by atoms with Gasteiger partial charge in [-0.1, -0.05) is 29.8 Å². The van der Waals surface area contributed by atoms with Crippen molar-refractivity contribution in [3.63, 3.8) is 0 Å². The lowest BCUT2D eigenvalue weighted by molar-refractivity contribution is 0.213. The molecule has 0 spiro atoms. The van der Waals surface area contributed by atoms with Gasteiger partial charge in [0.1, 0.15) is 5.75 Å². The Morgan fingerprint density at radius 2 is 1.93 bits per heavy atom. The van der Waals surface area contributed by atoms with E-state index in [1.165, 1.54) is 0 Å². The van der Waals surface area contributed by atoms with E-state index in [9.17, 15) is 13.9 Å². The van der Waals surface area contributed by atoms with Crippen LogP contribution in [0.25, 0.3) is 0 Å². The number of phenols is 1. The molecule has 3 aromatic rings. The first-order valence-corrected chi connectivity index (χ1v) is 9.16. The lowest BCUT2D eigenvalue weighted by atomic mass is 9.99. The molecule has 0 saturated carbocycles. The molecule has 27 heavy (non-hydrogen) atoms. The van der Waals surface area contributed by atoms with Crippen LogP contribution in [0, 0.1) is 18.6 Å². The Hall–Kier alpha value is -2.66. The normalized spacial score (nSPS) is 17.5. The molecule has 140 valence electrons. The van der Waals surface area contributed by atoms with Crippen molar-refractivity contribution in [3.05, 3.63) is 88.7 Å². The minimum atomic E-state index is -0.840. The fourth-order valence-electron chi connectivity index (χ4n) is 3.96. The standard InChI is InChI=1S/C22H22F2N2O/c1-15-8-9-20(27)16(13-15)14-26-12-4-11-25-10-3-7-19(25)22(26)17-5-2-6-18(23)21(17)24/h2-3,5-10,13,22,27H,4,11-12,14H2,1H3/t22-/m1/s1. The van der Waals surface area contributed by atoms with E-state index in [-0.39, 0.29) is 5.75 Å². The van der Waals surface area contributed by atoms with Gasteiger partial charge in [-0.25, -0.2) is 8.78 Å². The van der Waals surface area contributed by atoms with Gasteiger partial charge in [0.15, 0.2) is 11.6 Å². The number of nitrogens with zero attached hydrogens (tertiary/aromatic N) is 2. The Balaban J connectivity index is 1.81. The molecule has 3 nitrogen and oxygen atoms in total. The molecule has 1 aliphatic rings. The van der Waals surface area contributed by atoms with Crippen LogP contribution in [0.1, 0.15) is 34.8 Å². The predicted octanol–water partition coefficient (Wildman–Crippen LogP) is 4.78. The molecule has 0 unspecified atom stereocenters. The lowest BCUT2D eigenvalue weighted by Gasteiger charge is -2.31. The van der Waals surface area contributed by atoms with Gasteiger partial charge in [-0.2, -0.15) is 0 Å². The van der Waals surface area contributed by atoms with E-state index in [2.05, 4.69) is 9.47 Å². The first-order chi connectivity index (χ1) is 13.0. The van der Waals surface area contributed by atoms with Gasteiger partial charge in [0.2, 0.25) is 0 Å². The third-order valence-electron chi connectivity index (χ3n) is 5.24. The van der Waals surface area contributed by atoms with Crippen LogP contribution in [0.2, 0.25) is 0 Å². The molecule has 1 N–H and O–H groups in total. The molecule has 0 saturated heterocycles. The lowest BCUT2D eigenvalue weighted by Crippen LogP contribution is -2.30. The van der Waals surface area contributed by atoms with Gasteiger partial charge in [-0.05, 0) is 37.6 Å². The highest BCUT2D eigenvalue weighted by atomic mass is 19.2. The summed E-state index contributed by atoms with van der Waals surface area (Å²) in [6.45, 7) is 3.97. The smallest absolute Gasteiger partial charge is 0.163 e. The maximum absolute atomic E-state index is 14.7. The number of hydrogen-bond donors (Lipinski definition) is 1. The fourth-order valence-corrected chi connectivity index (χ4v) is 3.96. The van der Waals surface area contributed by atoms with Crippen molar-refractivity contribution in [3.8, 4) is 5.75 Å². The quantitative estimate of drug-likeness (QED) is 0.721. The minimum absolute atomic E-state index is 0.221. The van der Waals surface area contributed by atoms with Crippen LogP contribution in [0.3, 0.4) is 0 Å². The molecule has 5 heteroatoms. The Kier molecular flexibility index (Phi) is 4.70. The summed E-state index contributed by atoms with van der Waals surface area (Å²) < 4.78 is 30.8. The Morgan fingerprint density at radius 1 is 1.07 bits per heavy atom. The largest absolute Gasteiger partial charge is 0.508 e. The second-order valence-corrected chi connectivity index (χ2v) is 7.13. The van der Waals surface area contributed by atoms with Gasteiger partial charge >= 0.3 is 0 Å². The summed E-state index contributed by atoms with van der Waals surface area (Å²) in [4.78, 5) is 2.12. The third-order valence-corrected chi connectivity index (χ3v) is 5.24. The summed E-state index contributed by atoms with van der Waals surface area (Å²) in [6, 6.07) is 13.3. The number of halogens is 2. The molecule has 0 aliphatic carbocycles. The highest BCUT2D eigenvalue weighted by Crippen LogP contribution is 2.36. The summed E-state index contributed by atoms with van der Waals surface area (Å²) in [5.74, 6) is -1.43. The Morgan fingerprint density at radius 3 is 2.78 bits per heavy atom. The molecule has 0 fully saturated rings. The van der Waals surface area contributed by atoms with Crippen LogP contribution in [0.4, 0.5) is 8.78 Å². The number of aromatic nitrogens is 1. The summed E-state index contributed by atoms with van der Waals surface area (Å²) >= 11 is 0. The Labute approximate surface area is 157 Å². The van der Waals surface area contributed by atoms with Crippen molar-refractivity contribution < 1.29 is 13.9 Å². The van der Waals surface area contributed by atoms with Crippen molar-refractivity contribution in [2.45, 2.75) is 32.5 Å². The average molecular weight is 368 g/mol. The zero-order valence-electron chi connectivity index (χ0n) is 15.2. The minimum Gasteiger partial charge on any atom is -0.508 e. The molecule has 1 aliphatic heterocycles. The van der Waals surface area contributed by atoms with Gasteiger partial charge in [0, 0.05) is 42.7 Å². The number of fused-ring (bicyclic) bond motifs is 1. The van der Waals surface area contributed by atoms with E-state index in [1.807, 2.05) is 37.4 Å². The van der Waals surface area contributed by atoms with E-state index in [1.54, 1.807) is 18.2 Å². The van der Waals surface area contributed by atoms with E-state index < -0.39 is 17.7 Å². The maximum Gasteiger partial charge on any atom is 0.163 e. The molecular formula is C22H22F2N2O. The first-order valence-electron chi connectivity index (χ1n) is 9.16. The number of rotatable bonds is 3. The zero-order chi connectivity index (χ0) is 19.0. The van der Waals surface area contributed by atoms with Gasteiger partial charge in [-0.15, -0.1) is 0 Å². The maximum atomic E-state index is 14.7. The van der Waals surface area contributed by atoms with Crippen LogP contribution >= 0.6 is 0 Å². The van der Waals surface area contributed by atoms with E-state index >= 15 is 0 Å².